The molecule has 0 spiro atoms. The van der Waals surface area contributed by atoms with Crippen LogP contribution in [0.5, 0.6) is 0 Å². The highest BCUT2D eigenvalue weighted by Gasteiger charge is 2.26. The molecule has 2 nitrogen and oxygen atoms in total. The maximum atomic E-state index is 11.7. The van der Waals surface area contributed by atoms with Crippen LogP contribution in [0, 0.1) is 11.3 Å². The third-order valence-electron chi connectivity index (χ3n) is 1.68. The highest BCUT2D eigenvalue weighted by Crippen LogP contribution is 2.19. The Morgan fingerprint density at radius 2 is 2.00 bits per heavy atom. The molecule has 0 radical (unpaired) electrons. The Bertz CT molecular complexity index is 200. The summed E-state index contributed by atoms with van der Waals surface area (Å²) in [6.07, 6.45) is 1.22. The van der Waals surface area contributed by atoms with E-state index in [0.717, 1.165) is 6.42 Å². The Labute approximate surface area is 77.4 Å². The summed E-state index contributed by atoms with van der Waals surface area (Å²) in [5, 5.41) is 8.53. The quantitative estimate of drug-likeness (QED) is 0.679. The Morgan fingerprint density at radius 3 is 2.25 bits per heavy atom. The molecule has 0 N–H and O–H groups in total. The lowest BCUT2D eigenvalue weighted by molar-refractivity contribution is 0.628. The molecule has 0 saturated heterocycles. The van der Waals surface area contributed by atoms with Crippen LogP contribution in [-0.2, 0) is 10.8 Å². The van der Waals surface area contributed by atoms with Crippen LogP contribution in [0.3, 0.4) is 0 Å². The average Bonchev–Trinajstić information content (AvgIpc) is 1.97. The molecule has 0 fully saturated rings. The summed E-state index contributed by atoms with van der Waals surface area (Å²) in [6, 6.07) is 2.08. The van der Waals surface area contributed by atoms with E-state index in [4.69, 9.17) is 5.26 Å². The van der Waals surface area contributed by atoms with Gasteiger partial charge in [0.25, 0.3) is 0 Å². The molecule has 70 valence electrons. The fraction of sp³-hybridized carbons (Fsp3) is 0.889. The predicted octanol–water partition coefficient (Wildman–Crippen LogP) is 2.23. The molecule has 12 heavy (non-hydrogen) atoms. The smallest absolute Gasteiger partial charge is 0.0634 e. The van der Waals surface area contributed by atoms with E-state index in [1.165, 1.54) is 0 Å². The first-order valence-electron chi connectivity index (χ1n) is 4.21. The van der Waals surface area contributed by atoms with Crippen molar-refractivity contribution in [2.45, 2.75) is 50.5 Å². The highest BCUT2D eigenvalue weighted by molar-refractivity contribution is 7.87. The maximum Gasteiger partial charge on any atom is 0.0634 e. The SMILES string of the molecule is CCC(CC#N)S(=O)C(C)(C)C. The topological polar surface area (TPSA) is 40.9 Å². The molecule has 0 bridgehead atoms. The number of nitrogens with zero attached hydrogens (tertiary/aromatic N) is 1. The van der Waals surface area contributed by atoms with Crippen LogP contribution in [-0.4, -0.2) is 14.2 Å². The van der Waals surface area contributed by atoms with E-state index in [9.17, 15) is 4.21 Å². The van der Waals surface area contributed by atoms with Gasteiger partial charge in [-0.15, -0.1) is 0 Å². The van der Waals surface area contributed by atoms with E-state index in [2.05, 4.69) is 6.07 Å². The second-order valence-corrected chi connectivity index (χ2v) is 6.29. The van der Waals surface area contributed by atoms with E-state index in [0.29, 0.717) is 6.42 Å². The van der Waals surface area contributed by atoms with Crippen molar-refractivity contribution in [3.05, 3.63) is 0 Å². The van der Waals surface area contributed by atoms with Crippen LogP contribution in [0.2, 0.25) is 0 Å². The molecule has 0 aliphatic rings. The molecule has 0 aromatic heterocycles. The lowest BCUT2D eigenvalue weighted by Crippen LogP contribution is -2.30. The second kappa shape index (κ2) is 4.61. The first-order chi connectivity index (χ1) is 5.43. The fourth-order valence-electron chi connectivity index (χ4n) is 0.973. The van der Waals surface area contributed by atoms with Gasteiger partial charge in [-0.3, -0.25) is 4.21 Å². The minimum atomic E-state index is -0.898. The van der Waals surface area contributed by atoms with Crippen molar-refractivity contribution in [1.82, 2.24) is 0 Å². The minimum absolute atomic E-state index is 0.0370. The number of rotatable bonds is 3. The minimum Gasteiger partial charge on any atom is -0.259 e. The third kappa shape index (κ3) is 3.36. The van der Waals surface area contributed by atoms with Crippen LogP contribution < -0.4 is 0 Å². The Kier molecular flexibility index (Phi) is 4.47. The fourth-order valence-corrected chi connectivity index (χ4v) is 2.50. The molecular formula is C9H17NOS. The van der Waals surface area contributed by atoms with E-state index in [-0.39, 0.29) is 10.00 Å². The Balaban J connectivity index is 4.34. The molecule has 0 saturated carbocycles. The molecule has 2 unspecified atom stereocenters. The van der Waals surface area contributed by atoms with Crippen molar-refractivity contribution < 1.29 is 4.21 Å². The van der Waals surface area contributed by atoms with Crippen LogP contribution >= 0.6 is 0 Å². The predicted molar refractivity (Wildman–Crippen MR) is 52.2 cm³/mol. The zero-order chi connectivity index (χ0) is 9.78. The summed E-state index contributed by atoms with van der Waals surface area (Å²) >= 11 is 0. The summed E-state index contributed by atoms with van der Waals surface area (Å²) in [7, 11) is -0.898. The second-order valence-electron chi connectivity index (χ2n) is 3.80. The van der Waals surface area contributed by atoms with Crippen LogP contribution in [0.25, 0.3) is 0 Å². The van der Waals surface area contributed by atoms with Gasteiger partial charge in [-0.05, 0) is 27.2 Å². The van der Waals surface area contributed by atoms with Gasteiger partial charge in [-0.2, -0.15) is 5.26 Å². The number of hydrogen-bond acceptors (Lipinski definition) is 2. The number of nitriles is 1. The average molecular weight is 187 g/mol. The first kappa shape index (κ1) is 11.6. The van der Waals surface area contributed by atoms with Gasteiger partial charge >= 0.3 is 0 Å². The van der Waals surface area contributed by atoms with Gasteiger partial charge in [0.15, 0.2) is 0 Å². The lowest BCUT2D eigenvalue weighted by atomic mass is 10.2. The van der Waals surface area contributed by atoms with Crippen LogP contribution in [0.15, 0.2) is 0 Å². The van der Waals surface area contributed by atoms with E-state index < -0.39 is 10.8 Å². The van der Waals surface area contributed by atoms with Gasteiger partial charge in [-0.25, -0.2) is 0 Å². The summed E-state index contributed by atoms with van der Waals surface area (Å²) in [5.41, 5.74) is 0. The van der Waals surface area contributed by atoms with Gasteiger partial charge < -0.3 is 0 Å². The summed E-state index contributed by atoms with van der Waals surface area (Å²) in [6.45, 7) is 7.82. The Morgan fingerprint density at radius 1 is 1.50 bits per heavy atom. The van der Waals surface area contributed by atoms with Gasteiger partial charge in [-0.1, -0.05) is 6.92 Å². The largest absolute Gasteiger partial charge is 0.259 e. The number of hydrogen-bond donors (Lipinski definition) is 0. The normalized spacial score (nSPS) is 16.6. The molecule has 0 aromatic carbocycles. The van der Waals surface area contributed by atoms with Crippen molar-refractivity contribution in [3.63, 3.8) is 0 Å². The molecule has 0 heterocycles. The van der Waals surface area contributed by atoms with Gasteiger partial charge in [0.2, 0.25) is 0 Å². The lowest BCUT2D eigenvalue weighted by Gasteiger charge is -2.23. The molecular weight excluding hydrogens is 170 g/mol. The van der Waals surface area contributed by atoms with Gasteiger partial charge in [0.05, 0.1) is 6.07 Å². The van der Waals surface area contributed by atoms with Crippen molar-refractivity contribution >= 4 is 10.8 Å². The van der Waals surface area contributed by atoms with Crippen LogP contribution in [0.1, 0.15) is 40.5 Å². The van der Waals surface area contributed by atoms with Gasteiger partial charge in [0.1, 0.15) is 0 Å². The van der Waals surface area contributed by atoms with E-state index >= 15 is 0 Å². The molecule has 0 rings (SSSR count). The maximum absolute atomic E-state index is 11.7. The third-order valence-corrected chi connectivity index (χ3v) is 3.99. The van der Waals surface area contributed by atoms with Crippen molar-refractivity contribution in [2.75, 3.05) is 0 Å². The van der Waals surface area contributed by atoms with E-state index in [1.807, 2.05) is 27.7 Å². The molecule has 0 aliphatic heterocycles. The van der Waals surface area contributed by atoms with E-state index in [1.54, 1.807) is 0 Å². The molecule has 2 atom stereocenters. The molecule has 0 amide bonds. The van der Waals surface area contributed by atoms with Crippen molar-refractivity contribution in [1.29, 1.82) is 5.26 Å². The summed E-state index contributed by atoms with van der Waals surface area (Å²) < 4.78 is 11.5. The molecule has 3 heteroatoms. The highest BCUT2D eigenvalue weighted by atomic mass is 32.2. The summed E-state index contributed by atoms with van der Waals surface area (Å²) in [4.78, 5) is 0. The monoisotopic (exact) mass is 187 g/mol. The van der Waals surface area contributed by atoms with Gasteiger partial charge in [0, 0.05) is 27.2 Å². The zero-order valence-electron chi connectivity index (χ0n) is 8.26. The zero-order valence-corrected chi connectivity index (χ0v) is 9.07. The first-order valence-corrected chi connectivity index (χ1v) is 5.42. The summed E-state index contributed by atoms with van der Waals surface area (Å²) in [5.74, 6) is 0. The standard InChI is InChI=1S/C9H17NOS/c1-5-8(6-7-10)12(11)9(2,3)4/h8H,5-6H2,1-4H3. The Hall–Kier alpha value is -0.360. The van der Waals surface area contributed by atoms with Crippen molar-refractivity contribution in [3.8, 4) is 6.07 Å². The van der Waals surface area contributed by atoms with Crippen molar-refractivity contribution in [2.24, 2.45) is 0 Å². The van der Waals surface area contributed by atoms with Crippen LogP contribution in [0.4, 0.5) is 0 Å². The molecule has 0 aromatic rings. The molecule has 0 aliphatic carbocycles.